The molecule has 4 aromatic carbocycles. The van der Waals surface area contributed by atoms with E-state index in [-0.39, 0.29) is 11.5 Å². The number of ketones is 1. The van der Waals surface area contributed by atoms with Crippen molar-refractivity contribution in [1.29, 1.82) is 0 Å². The van der Waals surface area contributed by atoms with Gasteiger partial charge in [-0.2, -0.15) is 0 Å². The zero-order valence-corrected chi connectivity index (χ0v) is 24.0. The number of methoxy groups -OCH3 is 4. The number of hydrogen-bond donors (Lipinski definition) is 1. The minimum Gasteiger partial charge on any atom is -0.496 e. The molecule has 212 valence electrons. The number of benzene rings is 4. The van der Waals surface area contributed by atoms with Crippen molar-refractivity contribution >= 4 is 38.2 Å². The highest BCUT2D eigenvalue weighted by molar-refractivity contribution is 7.93. The average molecular weight is 574 g/mol. The summed E-state index contributed by atoms with van der Waals surface area (Å²) in [6, 6.07) is 21.7. The van der Waals surface area contributed by atoms with Gasteiger partial charge in [-0.15, -0.1) is 0 Å². The molecular formula is C32H31NO7S. The Morgan fingerprint density at radius 3 is 2.12 bits per heavy atom. The molecule has 0 saturated heterocycles. The number of carbonyl (C=O) groups excluding carboxylic acids is 1. The van der Waals surface area contributed by atoms with Gasteiger partial charge >= 0.3 is 0 Å². The van der Waals surface area contributed by atoms with Gasteiger partial charge in [0, 0.05) is 35.4 Å². The van der Waals surface area contributed by atoms with Gasteiger partial charge in [0.15, 0.2) is 15.6 Å². The molecule has 4 rings (SSSR count). The second kappa shape index (κ2) is 13.1. The summed E-state index contributed by atoms with van der Waals surface area (Å²) >= 11 is 0. The summed E-state index contributed by atoms with van der Waals surface area (Å²) in [5.41, 5.74) is 2.08. The minimum absolute atomic E-state index is 0.171. The van der Waals surface area contributed by atoms with E-state index >= 15 is 0 Å². The van der Waals surface area contributed by atoms with E-state index in [9.17, 15) is 13.2 Å². The van der Waals surface area contributed by atoms with Crippen LogP contribution >= 0.6 is 0 Å². The fourth-order valence-corrected chi connectivity index (χ4v) is 5.34. The summed E-state index contributed by atoms with van der Waals surface area (Å²) in [7, 11) is 2.31. The van der Waals surface area contributed by atoms with Crippen LogP contribution in [0.5, 0.6) is 23.0 Å². The number of anilines is 1. The Hall–Kier alpha value is -4.76. The van der Waals surface area contributed by atoms with Crippen LogP contribution in [0.2, 0.25) is 0 Å². The van der Waals surface area contributed by atoms with Crippen molar-refractivity contribution in [3.8, 4) is 23.0 Å². The van der Waals surface area contributed by atoms with Gasteiger partial charge in [-0.3, -0.25) is 4.79 Å². The highest BCUT2D eigenvalue weighted by Gasteiger charge is 2.15. The second-order valence-electron chi connectivity index (χ2n) is 8.99. The number of carbonyl (C=O) groups is 1. The van der Waals surface area contributed by atoms with Gasteiger partial charge in [0.05, 0.1) is 45.4 Å². The first-order valence-corrected chi connectivity index (χ1v) is 14.3. The predicted octanol–water partition coefficient (Wildman–Crippen LogP) is 6.27. The quantitative estimate of drug-likeness (QED) is 0.156. The summed E-state index contributed by atoms with van der Waals surface area (Å²) in [4.78, 5) is 12.7. The largest absolute Gasteiger partial charge is 0.496 e. The molecule has 0 aliphatic carbocycles. The normalized spacial score (nSPS) is 11.6. The number of nitrogens with one attached hydrogen (secondary N) is 1. The number of rotatable bonds is 12. The molecule has 0 aliphatic rings. The number of fused-ring (bicyclic) bond motifs is 1. The molecule has 0 aliphatic heterocycles. The molecule has 0 saturated carbocycles. The molecule has 0 fully saturated rings. The molecule has 0 atom stereocenters. The third-order valence-electron chi connectivity index (χ3n) is 6.33. The zero-order valence-electron chi connectivity index (χ0n) is 23.2. The highest BCUT2D eigenvalue weighted by Crippen LogP contribution is 2.35. The smallest absolute Gasteiger partial charge is 0.187 e. The zero-order chi connectivity index (χ0) is 29.4. The van der Waals surface area contributed by atoms with Crippen molar-refractivity contribution < 1.29 is 32.2 Å². The van der Waals surface area contributed by atoms with Gasteiger partial charge in [-0.25, -0.2) is 8.42 Å². The van der Waals surface area contributed by atoms with E-state index in [0.29, 0.717) is 45.4 Å². The third kappa shape index (κ3) is 7.26. The number of sulfone groups is 1. The maximum Gasteiger partial charge on any atom is 0.187 e. The van der Waals surface area contributed by atoms with Crippen LogP contribution in [0.3, 0.4) is 0 Å². The molecule has 0 amide bonds. The average Bonchev–Trinajstić information content (AvgIpc) is 2.99. The summed E-state index contributed by atoms with van der Waals surface area (Å²) in [5.74, 6) is 1.41. The molecule has 0 bridgehead atoms. The molecule has 8 nitrogen and oxygen atoms in total. The Bertz CT molecular complexity index is 1700. The van der Waals surface area contributed by atoms with Crippen molar-refractivity contribution in [2.45, 2.75) is 5.75 Å². The van der Waals surface area contributed by atoms with Crippen LogP contribution in [0.25, 0.3) is 16.8 Å². The van der Waals surface area contributed by atoms with Gasteiger partial charge < -0.3 is 24.3 Å². The second-order valence-corrected chi connectivity index (χ2v) is 10.9. The first kappa shape index (κ1) is 29.2. The molecule has 4 aromatic rings. The lowest BCUT2D eigenvalue weighted by atomic mass is 10.0. The number of ether oxygens (including phenoxy) is 4. The lowest BCUT2D eigenvalue weighted by molar-refractivity contribution is 0.104. The van der Waals surface area contributed by atoms with E-state index < -0.39 is 9.84 Å². The van der Waals surface area contributed by atoms with E-state index in [1.54, 1.807) is 36.4 Å². The fraction of sp³-hybridized carbons (Fsp3) is 0.156. The molecule has 0 aromatic heterocycles. The molecule has 0 unspecified atom stereocenters. The summed E-state index contributed by atoms with van der Waals surface area (Å²) < 4.78 is 47.5. The third-order valence-corrected chi connectivity index (χ3v) is 7.62. The van der Waals surface area contributed by atoms with Crippen molar-refractivity contribution in [2.75, 3.05) is 33.8 Å². The summed E-state index contributed by atoms with van der Waals surface area (Å²) in [6.07, 6.45) is 4.37. The van der Waals surface area contributed by atoms with Crippen LogP contribution in [0.4, 0.5) is 5.69 Å². The first-order chi connectivity index (χ1) is 19.8. The Labute approximate surface area is 239 Å². The number of hydrogen-bond acceptors (Lipinski definition) is 8. The molecule has 0 heterocycles. The molecule has 9 heteroatoms. The maximum atomic E-state index is 13.0. The molecule has 0 spiro atoms. The Balaban J connectivity index is 1.50. The molecule has 1 N–H and O–H groups in total. The van der Waals surface area contributed by atoms with Crippen molar-refractivity contribution in [2.24, 2.45) is 0 Å². The SMILES string of the molecule is COc1cc(OC)c(/C=C/S(=O)(=O)Cc2ccc(OC)c(N/C=C\C(=O)c3ccc4ccccc4c3)c2)c(OC)c1. The van der Waals surface area contributed by atoms with Gasteiger partial charge in [-0.1, -0.05) is 42.5 Å². The lowest BCUT2D eigenvalue weighted by Crippen LogP contribution is -2.02. The monoisotopic (exact) mass is 573 g/mol. The van der Waals surface area contributed by atoms with Crippen molar-refractivity contribution in [3.05, 3.63) is 107 Å². The van der Waals surface area contributed by atoms with Crippen LogP contribution in [0, 0.1) is 0 Å². The maximum absolute atomic E-state index is 13.0. The van der Waals surface area contributed by atoms with Crippen LogP contribution in [-0.2, 0) is 15.6 Å². The predicted molar refractivity (Wildman–Crippen MR) is 162 cm³/mol. The summed E-state index contributed by atoms with van der Waals surface area (Å²) in [5, 5.41) is 6.20. The first-order valence-electron chi connectivity index (χ1n) is 12.6. The number of allylic oxidation sites excluding steroid dienone is 1. The van der Waals surface area contributed by atoms with Crippen LogP contribution in [0.15, 0.2) is 90.5 Å². The Kier molecular flexibility index (Phi) is 9.31. The van der Waals surface area contributed by atoms with Crippen LogP contribution < -0.4 is 24.3 Å². The van der Waals surface area contributed by atoms with E-state index in [2.05, 4.69) is 5.32 Å². The van der Waals surface area contributed by atoms with E-state index in [4.69, 9.17) is 18.9 Å². The molecular weight excluding hydrogens is 542 g/mol. The van der Waals surface area contributed by atoms with Gasteiger partial charge in [0.2, 0.25) is 0 Å². The Morgan fingerprint density at radius 1 is 0.780 bits per heavy atom. The Morgan fingerprint density at radius 2 is 1.46 bits per heavy atom. The molecule has 41 heavy (non-hydrogen) atoms. The van der Waals surface area contributed by atoms with Crippen LogP contribution in [-0.4, -0.2) is 42.6 Å². The van der Waals surface area contributed by atoms with Crippen molar-refractivity contribution in [3.63, 3.8) is 0 Å². The van der Waals surface area contributed by atoms with Gasteiger partial charge in [-0.05, 0) is 40.6 Å². The van der Waals surface area contributed by atoms with Crippen molar-refractivity contribution in [1.82, 2.24) is 0 Å². The summed E-state index contributed by atoms with van der Waals surface area (Å²) in [6.45, 7) is 0. The lowest BCUT2D eigenvalue weighted by Gasteiger charge is -2.12. The van der Waals surface area contributed by atoms with Gasteiger partial charge in [0.25, 0.3) is 0 Å². The topological polar surface area (TPSA) is 100 Å². The minimum atomic E-state index is -3.69. The van der Waals surface area contributed by atoms with E-state index in [1.807, 2.05) is 36.4 Å². The van der Waals surface area contributed by atoms with Crippen LogP contribution in [0.1, 0.15) is 21.5 Å². The highest BCUT2D eigenvalue weighted by atomic mass is 32.2. The van der Waals surface area contributed by atoms with E-state index in [1.165, 1.54) is 46.8 Å². The standard InChI is InChI=1S/C32H31NO7S/c1-37-26-19-31(39-3)27(32(20-26)40-4)14-16-41(35,36)21-22-9-12-30(38-2)28(17-22)33-15-13-29(34)25-11-10-23-7-5-6-8-24(23)18-25/h5-20,33H,21H2,1-4H3/b15-13-,16-14+. The van der Waals surface area contributed by atoms with E-state index in [0.717, 1.165) is 16.2 Å². The fourth-order valence-electron chi connectivity index (χ4n) is 4.25. The molecule has 0 radical (unpaired) electrons. The van der Waals surface area contributed by atoms with Gasteiger partial charge in [0.1, 0.15) is 23.0 Å².